The van der Waals surface area contributed by atoms with Gasteiger partial charge in [0, 0.05) is 24.2 Å². The highest BCUT2D eigenvalue weighted by Gasteiger charge is 2.15. The van der Waals surface area contributed by atoms with Crippen molar-refractivity contribution in [3.8, 4) is 0 Å². The van der Waals surface area contributed by atoms with E-state index in [9.17, 15) is 0 Å². The van der Waals surface area contributed by atoms with Crippen LogP contribution in [0.1, 0.15) is 31.7 Å². The van der Waals surface area contributed by atoms with Crippen molar-refractivity contribution in [1.82, 2.24) is 10.2 Å². The lowest BCUT2D eigenvalue weighted by Crippen LogP contribution is -2.42. The third kappa shape index (κ3) is 3.98. The summed E-state index contributed by atoms with van der Waals surface area (Å²) in [5.41, 5.74) is 1.19. The zero-order valence-electron chi connectivity index (χ0n) is 11.2. The van der Waals surface area contributed by atoms with Gasteiger partial charge in [-0.05, 0) is 44.5 Å². The second-order valence-electron chi connectivity index (χ2n) is 5.17. The van der Waals surface area contributed by atoms with Gasteiger partial charge in [0.15, 0.2) is 0 Å². The van der Waals surface area contributed by atoms with Crippen LogP contribution in [0, 0.1) is 0 Å². The molecule has 1 saturated heterocycles. The zero-order chi connectivity index (χ0) is 12.8. The van der Waals surface area contributed by atoms with Crippen LogP contribution in [0.15, 0.2) is 24.3 Å². The number of likely N-dealkylation sites (tertiary alicyclic amines) is 1. The van der Waals surface area contributed by atoms with E-state index in [2.05, 4.69) is 23.2 Å². The fourth-order valence-corrected chi connectivity index (χ4v) is 2.75. The second kappa shape index (κ2) is 7.13. The lowest BCUT2D eigenvalue weighted by atomic mass is 10.1. The van der Waals surface area contributed by atoms with Gasteiger partial charge in [-0.25, -0.2) is 0 Å². The highest BCUT2D eigenvalue weighted by atomic mass is 35.5. The molecule has 0 aliphatic carbocycles. The maximum absolute atomic E-state index is 6.14. The molecular weight excluding hydrogens is 244 g/mol. The molecule has 2 nitrogen and oxygen atoms in total. The number of hydrogen-bond donors (Lipinski definition) is 1. The van der Waals surface area contributed by atoms with Crippen molar-refractivity contribution in [2.24, 2.45) is 0 Å². The van der Waals surface area contributed by atoms with Crippen LogP contribution in [0.5, 0.6) is 0 Å². The fourth-order valence-electron chi connectivity index (χ4n) is 2.55. The van der Waals surface area contributed by atoms with Gasteiger partial charge in [0.2, 0.25) is 0 Å². The van der Waals surface area contributed by atoms with Crippen LogP contribution in [-0.2, 0) is 6.54 Å². The molecule has 1 aromatic rings. The average molecular weight is 267 g/mol. The summed E-state index contributed by atoms with van der Waals surface area (Å²) >= 11 is 6.14. The van der Waals surface area contributed by atoms with Crippen molar-refractivity contribution in [3.05, 3.63) is 34.9 Å². The molecule has 3 heteroatoms. The fraction of sp³-hybridized carbons (Fsp3) is 0.600. The van der Waals surface area contributed by atoms with E-state index in [0.717, 1.165) is 18.1 Å². The van der Waals surface area contributed by atoms with Crippen LogP contribution in [-0.4, -0.2) is 30.6 Å². The standard InChI is InChI=1S/C15H23ClN2/c1-13(18-9-5-2-6-10-18)11-17-12-14-7-3-4-8-15(14)16/h3-4,7-8,13,17H,2,5-6,9-12H2,1H3. The molecular formula is C15H23ClN2. The van der Waals surface area contributed by atoms with Gasteiger partial charge in [0.1, 0.15) is 0 Å². The third-order valence-electron chi connectivity index (χ3n) is 3.73. The third-order valence-corrected chi connectivity index (χ3v) is 4.10. The number of halogens is 1. The summed E-state index contributed by atoms with van der Waals surface area (Å²) in [6.45, 7) is 6.72. The number of nitrogens with one attached hydrogen (secondary N) is 1. The van der Waals surface area contributed by atoms with Crippen molar-refractivity contribution < 1.29 is 0 Å². The summed E-state index contributed by atoms with van der Waals surface area (Å²) < 4.78 is 0. The predicted molar refractivity (Wildman–Crippen MR) is 78.0 cm³/mol. The monoisotopic (exact) mass is 266 g/mol. The van der Waals surface area contributed by atoms with E-state index in [1.165, 1.54) is 37.9 Å². The topological polar surface area (TPSA) is 15.3 Å². The number of hydrogen-bond acceptors (Lipinski definition) is 2. The molecule has 1 aliphatic rings. The zero-order valence-corrected chi connectivity index (χ0v) is 11.9. The molecule has 1 aromatic carbocycles. The van der Waals surface area contributed by atoms with Crippen molar-refractivity contribution >= 4 is 11.6 Å². The van der Waals surface area contributed by atoms with Gasteiger partial charge in [-0.3, -0.25) is 4.90 Å². The van der Waals surface area contributed by atoms with Crippen LogP contribution in [0.3, 0.4) is 0 Å². The van der Waals surface area contributed by atoms with E-state index < -0.39 is 0 Å². The Labute approximate surface area is 115 Å². The summed E-state index contributed by atoms with van der Waals surface area (Å²) in [5.74, 6) is 0. The molecule has 100 valence electrons. The largest absolute Gasteiger partial charge is 0.311 e. The summed E-state index contributed by atoms with van der Waals surface area (Å²) in [6.07, 6.45) is 4.11. The van der Waals surface area contributed by atoms with E-state index in [4.69, 9.17) is 11.6 Å². The van der Waals surface area contributed by atoms with Crippen molar-refractivity contribution in [2.45, 2.75) is 38.8 Å². The molecule has 1 atom stereocenters. The molecule has 0 radical (unpaired) electrons. The van der Waals surface area contributed by atoms with Gasteiger partial charge < -0.3 is 5.32 Å². The SMILES string of the molecule is CC(CNCc1ccccc1Cl)N1CCCCC1. The summed E-state index contributed by atoms with van der Waals surface area (Å²) in [4.78, 5) is 2.59. The molecule has 0 spiro atoms. The van der Waals surface area contributed by atoms with Crippen molar-refractivity contribution in [2.75, 3.05) is 19.6 Å². The van der Waals surface area contributed by atoms with E-state index in [0.29, 0.717) is 6.04 Å². The minimum atomic E-state index is 0.618. The molecule has 2 rings (SSSR count). The van der Waals surface area contributed by atoms with Crippen LogP contribution >= 0.6 is 11.6 Å². The Balaban J connectivity index is 1.73. The summed E-state index contributed by atoms with van der Waals surface area (Å²) in [5, 5.41) is 4.37. The molecule has 1 unspecified atom stereocenters. The van der Waals surface area contributed by atoms with Crippen LogP contribution < -0.4 is 5.32 Å². The molecule has 18 heavy (non-hydrogen) atoms. The molecule has 0 bridgehead atoms. The Hall–Kier alpha value is -0.570. The Morgan fingerprint density at radius 1 is 1.22 bits per heavy atom. The highest BCUT2D eigenvalue weighted by Crippen LogP contribution is 2.15. The number of nitrogens with zero attached hydrogens (tertiary/aromatic N) is 1. The van der Waals surface area contributed by atoms with Gasteiger partial charge in [-0.15, -0.1) is 0 Å². The van der Waals surface area contributed by atoms with Gasteiger partial charge in [0.25, 0.3) is 0 Å². The minimum absolute atomic E-state index is 0.618. The van der Waals surface area contributed by atoms with Gasteiger partial charge in [-0.2, -0.15) is 0 Å². The van der Waals surface area contributed by atoms with Crippen LogP contribution in [0.4, 0.5) is 0 Å². The first-order valence-electron chi connectivity index (χ1n) is 6.95. The molecule has 1 aliphatic heterocycles. The first-order chi connectivity index (χ1) is 8.77. The maximum Gasteiger partial charge on any atom is 0.0450 e. The maximum atomic E-state index is 6.14. The molecule has 0 aromatic heterocycles. The van der Waals surface area contributed by atoms with E-state index >= 15 is 0 Å². The lowest BCUT2D eigenvalue weighted by Gasteiger charge is -2.32. The quantitative estimate of drug-likeness (QED) is 0.880. The minimum Gasteiger partial charge on any atom is -0.311 e. The van der Waals surface area contributed by atoms with Crippen LogP contribution in [0.2, 0.25) is 5.02 Å². The molecule has 1 heterocycles. The first-order valence-corrected chi connectivity index (χ1v) is 7.33. The normalized spacial score (nSPS) is 18.8. The Kier molecular flexibility index (Phi) is 5.48. The molecule has 0 amide bonds. The van der Waals surface area contributed by atoms with E-state index in [1.807, 2.05) is 18.2 Å². The van der Waals surface area contributed by atoms with E-state index in [1.54, 1.807) is 0 Å². The lowest BCUT2D eigenvalue weighted by molar-refractivity contribution is 0.170. The van der Waals surface area contributed by atoms with Crippen LogP contribution in [0.25, 0.3) is 0 Å². The Bertz CT molecular complexity index is 361. The summed E-state index contributed by atoms with van der Waals surface area (Å²) in [6, 6.07) is 8.67. The van der Waals surface area contributed by atoms with Crippen molar-refractivity contribution in [3.63, 3.8) is 0 Å². The van der Waals surface area contributed by atoms with Crippen molar-refractivity contribution in [1.29, 1.82) is 0 Å². The smallest absolute Gasteiger partial charge is 0.0450 e. The average Bonchev–Trinajstić information content (AvgIpc) is 2.42. The van der Waals surface area contributed by atoms with Gasteiger partial charge >= 0.3 is 0 Å². The first kappa shape index (κ1) is 13.9. The molecule has 1 fully saturated rings. The second-order valence-corrected chi connectivity index (χ2v) is 5.58. The number of rotatable bonds is 5. The van der Waals surface area contributed by atoms with Gasteiger partial charge in [-0.1, -0.05) is 36.2 Å². The number of piperidine rings is 1. The van der Waals surface area contributed by atoms with E-state index in [-0.39, 0.29) is 0 Å². The predicted octanol–water partition coefficient (Wildman–Crippen LogP) is 3.30. The van der Waals surface area contributed by atoms with Gasteiger partial charge in [0.05, 0.1) is 0 Å². The molecule has 1 N–H and O–H groups in total. The molecule has 0 saturated carbocycles. The Morgan fingerprint density at radius 3 is 2.67 bits per heavy atom. The highest BCUT2D eigenvalue weighted by molar-refractivity contribution is 6.31. The summed E-state index contributed by atoms with van der Waals surface area (Å²) in [7, 11) is 0. The Morgan fingerprint density at radius 2 is 1.94 bits per heavy atom. The number of benzene rings is 1.